The summed E-state index contributed by atoms with van der Waals surface area (Å²) in [5.74, 6) is 0. The number of hydrogen-bond donors (Lipinski definition) is 0. The summed E-state index contributed by atoms with van der Waals surface area (Å²) in [6.07, 6.45) is 0. The van der Waals surface area contributed by atoms with Gasteiger partial charge in [-0.2, -0.15) is 60.7 Å². The van der Waals surface area contributed by atoms with Crippen LogP contribution in [0.2, 0.25) is 0 Å². The zero-order valence-electron chi connectivity index (χ0n) is 9.54. The molecule has 2 aromatic rings. The van der Waals surface area contributed by atoms with Gasteiger partial charge in [0.25, 0.3) is 0 Å². The second-order valence-electron chi connectivity index (χ2n) is 2.43. The van der Waals surface area contributed by atoms with E-state index in [1.807, 2.05) is 48.5 Å². The number of halogens is 4. The molecule has 0 spiro atoms. The minimum atomic E-state index is 0. The second-order valence-corrected chi connectivity index (χ2v) is 4.20. The third-order valence-electron chi connectivity index (χ3n) is 1.34. The predicted molar refractivity (Wildman–Crippen MR) is 77.5 cm³/mol. The van der Waals surface area contributed by atoms with Crippen LogP contribution in [-0.4, -0.2) is 46.1 Å². The van der Waals surface area contributed by atoms with Gasteiger partial charge < -0.3 is 34.0 Å². The van der Waals surface area contributed by atoms with Crippen LogP contribution in [0.4, 0.5) is 0 Å². The Morgan fingerprint density at radius 1 is 0.833 bits per heavy atom. The summed E-state index contributed by atoms with van der Waals surface area (Å²) in [5, 5.41) is 0. The molecule has 88 valence electrons. The summed E-state index contributed by atoms with van der Waals surface area (Å²) in [5.41, 5.74) is 0. The smallest absolute Gasteiger partial charge is 1.00 e. The van der Waals surface area contributed by atoms with Crippen molar-refractivity contribution in [3.63, 3.8) is 0 Å². The van der Waals surface area contributed by atoms with Crippen molar-refractivity contribution in [1.29, 1.82) is 0 Å². The minimum absolute atomic E-state index is 0. The van der Waals surface area contributed by atoms with Gasteiger partial charge in [-0.3, -0.25) is 0 Å². The fraction of sp³-hybridized carbons (Fsp3) is 0. The molecule has 2 aromatic carbocycles. The van der Waals surface area contributed by atoms with Crippen LogP contribution in [-0.2, 0) is 0 Å². The van der Waals surface area contributed by atoms with E-state index in [0.717, 1.165) is 8.95 Å². The zero-order chi connectivity index (χ0) is 10.2. The van der Waals surface area contributed by atoms with Gasteiger partial charge in [-0.1, -0.05) is 24.9 Å². The SMILES string of the molecule is Brc1[c-]cccc1.Brc1c[c-]ccc1.[Br-].[Br-].[Mg+2].[Mg+2]. The summed E-state index contributed by atoms with van der Waals surface area (Å²) < 4.78 is 2.09. The molecule has 18 heavy (non-hydrogen) atoms. The van der Waals surface area contributed by atoms with Gasteiger partial charge in [0.1, 0.15) is 0 Å². The topological polar surface area (TPSA) is 0 Å². The van der Waals surface area contributed by atoms with E-state index < -0.39 is 0 Å². The molecule has 0 saturated carbocycles. The van der Waals surface area contributed by atoms with E-state index in [0.29, 0.717) is 0 Å². The number of benzene rings is 2. The van der Waals surface area contributed by atoms with Crippen LogP contribution >= 0.6 is 31.9 Å². The van der Waals surface area contributed by atoms with Crippen molar-refractivity contribution in [2.75, 3.05) is 0 Å². The average molecular weight is 520 g/mol. The molecule has 0 fully saturated rings. The molecule has 2 rings (SSSR count). The predicted octanol–water partition coefficient (Wildman–Crippen LogP) is -2.26. The van der Waals surface area contributed by atoms with Gasteiger partial charge >= 0.3 is 46.1 Å². The van der Waals surface area contributed by atoms with Gasteiger partial charge in [-0.25, -0.2) is 0 Å². The third-order valence-corrected chi connectivity index (χ3v) is 2.33. The van der Waals surface area contributed by atoms with E-state index in [2.05, 4.69) is 44.0 Å². The maximum absolute atomic E-state index is 3.28. The van der Waals surface area contributed by atoms with Crippen molar-refractivity contribution in [3.8, 4) is 0 Å². The van der Waals surface area contributed by atoms with E-state index in [1.54, 1.807) is 0 Å². The first kappa shape index (κ1) is 28.1. The Labute approximate surface area is 179 Å². The van der Waals surface area contributed by atoms with E-state index in [1.165, 1.54) is 0 Å². The molecule has 0 aromatic heterocycles. The van der Waals surface area contributed by atoms with Crippen LogP contribution in [0.15, 0.2) is 57.5 Å². The standard InChI is InChI=1S/2C6H4Br.2BrH.2Mg/c2*7-6-4-2-1-3-5-6;;;;/h1-2,4-5H;1-4H;2*1H;;/q2*-1;;;2*+2/p-2. The average Bonchev–Trinajstić information content (AvgIpc) is 2.21. The number of hydrogen-bond acceptors (Lipinski definition) is 0. The summed E-state index contributed by atoms with van der Waals surface area (Å²) in [7, 11) is 0. The van der Waals surface area contributed by atoms with Crippen molar-refractivity contribution >= 4 is 78.0 Å². The second kappa shape index (κ2) is 18.9. The molecule has 0 aliphatic rings. The molecule has 0 N–H and O–H groups in total. The molecular formula is C12H8Br4Mg2. The van der Waals surface area contributed by atoms with Crippen LogP contribution in [0.25, 0.3) is 0 Å². The Morgan fingerprint density at radius 3 is 1.72 bits per heavy atom. The molecule has 0 bridgehead atoms. The van der Waals surface area contributed by atoms with Gasteiger partial charge in [0.2, 0.25) is 0 Å². The van der Waals surface area contributed by atoms with E-state index in [9.17, 15) is 0 Å². The maximum atomic E-state index is 3.28. The van der Waals surface area contributed by atoms with Crippen LogP contribution in [0.3, 0.4) is 0 Å². The first-order chi connectivity index (χ1) is 6.79. The first-order valence-corrected chi connectivity index (χ1v) is 5.61. The fourth-order valence-electron chi connectivity index (χ4n) is 0.743. The Bertz CT molecular complexity index is 319. The van der Waals surface area contributed by atoms with Crippen molar-refractivity contribution in [2.24, 2.45) is 0 Å². The molecule has 0 amide bonds. The van der Waals surface area contributed by atoms with E-state index in [4.69, 9.17) is 0 Å². The van der Waals surface area contributed by atoms with Crippen molar-refractivity contribution in [3.05, 3.63) is 69.6 Å². The van der Waals surface area contributed by atoms with E-state index in [-0.39, 0.29) is 80.1 Å². The van der Waals surface area contributed by atoms with Crippen LogP contribution in [0.5, 0.6) is 0 Å². The normalized spacial score (nSPS) is 6.78. The van der Waals surface area contributed by atoms with Crippen LogP contribution < -0.4 is 34.0 Å². The summed E-state index contributed by atoms with van der Waals surface area (Å²) in [6, 6.07) is 21.2. The Balaban J connectivity index is -0.0000000891. The van der Waals surface area contributed by atoms with Gasteiger partial charge in [-0.15, -0.1) is 15.9 Å². The molecule has 0 aliphatic carbocycles. The molecule has 0 saturated heterocycles. The monoisotopic (exact) mass is 516 g/mol. The summed E-state index contributed by atoms with van der Waals surface area (Å²) in [6.45, 7) is 0. The summed E-state index contributed by atoms with van der Waals surface area (Å²) >= 11 is 6.54. The molecule has 0 nitrogen and oxygen atoms in total. The van der Waals surface area contributed by atoms with Gasteiger partial charge in [0.05, 0.1) is 0 Å². The van der Waals surface area contributed by atoms with E-state index >= 15 is 0 Å². The van der Waals surface area contributed by atoms with Gasteiger partial charge in [-0.05, 0) is 0 Å². The third kappa shape index (κ3) is 15.9. The van der Waals surface area contributed by atoms with Crippen molar-refractivity contribution in [1.82, 2.24) is 0 Å². The zero-order valence-corrected chi connectivity index (χ0v) is 18.7. The Kier molecular flexibility index (Phi) is 29.5. The quantitative estimate of drug-likeness (QED) is 0.272. The van der Waals surface area contributed by atoms with Crippen LogP contribution in [0, 0.1) is 12.1 Å². The largest absolute Gasteiger partial charge is 2.00 e. The van der Waals surface area contributed by atoms with Crippen molar-refractivity contribution in [2.45, 2.75) is 0 Å². The summed E-state index contributed by atoms with van der Waals surface area (Å²) in [4.78, 5) is 0. The Hall–Kier alpha value is 1.89. The molecule has 0 unspecified atom stereocenters. The van der Waals surface area contributed by atoms with Crippen molar-refractivity contribution < 1.29 is 34.0 Å². The fourth-order valence-corrected chi connectivity index (χ4v) is 1.31. The molecule has 0 aliphatic heterocycles. The Morgan fingerprint density at radius 2 is 1.50 bits per heavy atom. The van der Waals surface area contributed by atoms with Crippen LogP contribution in [0.1, 0.15) is 0 Å². The van der Waals surface area contributed by atoms with Gasteiger partial charge in [0, 0.05) is 0 Å². The molecular weight excluding hydrogens is 512 g/mol. The minimum Gasteiger partial charge on any atom is -1.00 e. The van der Waals surface area contributed by atoms with Gasteiger partial charge in [0.15, 0.2) is 0 Å². The molecule has 0 radical (unpaired) electrons. The maximum Gasteiger partial charge on any atom is 2.00 e. The molecule has 0 atom stereocenters. The number of rotatable bonds is 0. The molecule has 6 heteroatoms. The molecule has 0 heterocycles. The first-order valence-electron chi connectivity index (χ1n) is 4.03.